The van der Waals surface area contributed by atoms with E-state index in [2.05, 4.69) is 4.98 Å². The average Bonchev–Trinajstić information content (AvgIpc) is 2.47. The molecule has 0 saturated heterocycles. The molecule has 0 saturated carbocycles. The third-order valence-electron chi connectivity index (χ3n) is 2.64. The van der Waals surface area contributed by atoms with Crippen LogP contribution < -0.4 is 51.4 Å². The van der Waals surface area contributed by atoms with E-state index in [1.807, 2.05) is 19.9 Å². The number of fused-ring (bicyclic) bond motifs is 1. The maximum Gasteiger partial charge on any atom is 1.00 e. The number of hydrogen-bond donors (Lipinski definition) is 0. The van der Waals surface area contributed by atoms with E-state index in [1.54, 1.807) is 6.07 Å². The van der Waals surface area contributed by atoms with Crippen LogP contribution in [0.3, 0.4) is 0 Å². The molecule has 2 aromatic rings. The molecule has 0 aliphatic carbocycles. The van der Waals surface area contributed by atoms with Gasteiger partial charge in [-0.05, 0) is 43.6 Å². The zero-order valence-electron chi connectivity index (χ0n) is 10.0. The Balaban J connectivity index is 0.00000144. The Morgan fingerprint density at radius 2 is 1.76 bits per heavy atom. The van der Waals surface area contributed by atoms with E-state index < -0.39 is 13.4 Å². The van der Waals surface area contributed by atoms with Crippen molar-refractivity contribution in [3.63, 3.8) is 0 Å². The van der Waals surface area contributed by atoms with Gasteiger partial charge in [0.1, 0.15) is 0 Å². The number of aryl methyl sites for hydroxylation is 2. The van der Waals surface area contributed by atoms with Crippen LogP contribution in [0.1, 0.15) is 11.1 Å². The molecule has 0 spiro atoms. The SMILES string of the molecule is Cc1cc2ncn(C[B-](F)(F)F)c2cc1C.[K+]. The minimum Gasteiger partial charge on any atom is -0.448 e. The normalized spacial score (nSPS) is 11.6. The van der Waals surface area contributed by atoms with Gasteiger partial charge in [-0.15, -0.1) is 0 Å². The third-order valence-corrected chi connectivity index (χ3v) is 2.64. The Labute approximate surface area is 140 Å². The van der Waals surface area contributed by atoms with Gasteiger partial charge in [-0.2, -0.15) is 0 Å². The molecule has 0 unspecified atom stereocenters. The summed E-state index contributed by atoms with van der Waals surface area (Å²) in [6.07, 6.45) is 0.317. The van der Waals surface area contributed by atoms with Crippen molar-refractivity contribution >= 4 is 18.0 Å². The molecular formula is C10H11BF3KN2. The second-order valence-corrected chi connectivity index (χ2v) is 4.03. The van der Waals surface area contributed by atoms with Gasteiger partial charge in [0, 0.05) is 0 Å². The summed E-state index contributed by atoms with van der Waals surface area (Å²) in [6.45, 7) is -1.03. The van der Waals surface area contributed by atoms with Crippen molar-refractivity contribution in [3.8, 4) is 0 Å². The summed E-state index contributed by atoms with van der Waals surface area (Å²) in [5, 5.41) is 0. The maximum atomic E-state index is 12.3. The number of halogens is 3. The fourth-order valence-corrected chi connectivity index (χ4v) is 1.68. The molecule has 1 aromatic carbocycles. The van der Waals surface area contributed by atoms with Crippen molar-refractivity contribution in [1.29, 1.82) is 0 Å². The quantitative estimate of drug-likeness (QED) is 0.702. The van der Waals surface area contributed by atoms with Gasteiger partial charge >= 0.3 is 58.4 Å². The minimum atomic E-state index is -4.83. The van der Waals surface area contributed by atoms with Crippen molar-refractivity contribution in [1.82, 2.24) is 9.55 Å². The van der Waals surface area contributed by atoms with Crippen LogP contribution in [0.4, 0.5) is 12.9 Å². The van der Waals surface area contributed by atoms with Crippen LogP contribution in [-0.2, 0) is 6.44 Å². The molecule has 0 fully saturated rings. The first kappa shape index (κ1) is 15.2. The molecule has 1 aromatic heterocycles. The van der Waals surface area contributed by atoms with Crippen molar-refractivity contribution < 1.29 is 64.3 Å². The first-order chi connectivity index (χ1) is 7.37. The summed E-state index contributed by atoms with van der Waals surface area (Å²) in [5.41, 5.74) is 3.17. The Morgan fingerprint density at radius 3 is 2.35 bits per heavy atom. The Morgan fingerprint density at radius 1 is 1.18 bits per heavy atom. The Bertz CT molecular complexity index is 536. The van der Waals surface area contributed by atoms with Gasteiger partial charge in [0.25, 0.3) is 0 Å². The number of nitrogens with zero attached hydrogens (tertiary/aromatic N) is 2. The molecule has 86 valence electrons. The van der Waals surface area contributed by atoms with Crippen molar-refractivity contribution in [2.45, 2.75) is 20.3 Å². The number of aromatic nitrogens is 2. The summed E-state index contributed by atoms with van der Waals surface area (Å²) >= 11 is 0. The molecule has 1 heterocycles. The van der Waals surface area contributed by atoms with Crippen LogP contribution >= 0.6 is 0 Å². The predicted molar refractivity (Wildman–Crippen MR) is 58.3 cm³/mol. The fraction of sp³-hybridized carbons (Fsp3) is 0.300. The molecule has 0 radical (unpaired) electrons. The Kier molecular flexibility index (Phi) is 4.88. The van der Waals surface area contributed by atoms with Crippen LogP contribution in [0.15, 0.2) is 18.5 Å². The number of benzene rings is 1. The molecule has 0 N–H and O–H groups in total. The van der Waals surface area contributed by atoms with Gasteiger partial charge in [-0.25, -0.2) is 4.98 Å². The number of rotatable bonds is 2. The average molecular weight is 266 g/mol. The summed E-state index contributed by atoms with van der Waals surface area (Å²) in [4.78, 5) is 3.98. The van der Waals surface area contributed by atoms with Crippen molar-refractivity contribution in [2.75, 3.05) is 0 Å². The first-order valence-corrected chi connectivity index (χ1v) is 5.00. The number of imidazole rings is 1. The predicted octanol–water partition coefficient (Wildman–Crippen LogP) is 0.0437. The molecule has 2 nitrogen and oxygen atoms in total. The molecule has 0 aliphatic rings. The van der Waals surface area contributed by atoms with Crippen molar-refractivity contribution in [3.05, 3.63) is 29.6 Å². The van der Waals surface area contributed by atoms with Gasteiger partial charge in [-0.1, -0.05) is 0 Å². The molecule has 0 aliphatic heterocycles. The van der Waals surface area contributed by atoms with Gasteiger partial charge in [0.2, 0.25) is 0 Å². The summed E-state index contributed by atoms with van der Waals surface area (Å²) < 4.78 is 38.2. The molecule has 0 amide bonds. The van der Waals surface area contributed by atoms with E-state index in [9.17, 15) is 12.9 Å². The van der Waals surface area contributed by atoms with E-state index in [0.717, 1.165) is 15.7 Å². The van der Waals surface area contributed by atoms with E-state index >= 15 is 0 Å². The second-order valence-electron chi connectivity index (χ2n) is 4.03. The summed E-state index contributed by atoms with van der Waals surface area (Å²) in [7, 11) is 0. The fourth-order valence-electron chi connectivity index (χ4n) is 1.68. The van der Waals surface area contributed by atoms with Gasteiger partial charge in [-0.3, -0.25) is 0 Å². The van der Waals surface area contributed by atoms with Crippen LogP contribution in [0.25, 0.3) is 11.0 Å². The molecule has 2 rings (SSSR count). The van der Waals surface area contributed by atoms with E-state index in [4.69, 9.17) is 0 Å². The molecule has 0 atom stereocenters. The smallest absolute Gasteiger partial charge is 0.448 e. The second kappa shape index (κ2) is 5.44. The van der Waals surface area contributed by atoms with E-state index in [-0.39, 0.29) is 51.4 Å². The standard InChI is InChI=1S/C10H11BF3N2.K/c1-7-3-9-10(4-8(7)2)16(6-15-9)5-11(12,13)14;/h3-4,6H,5H2,1-2H3;/q-1;+1. The molecular weight excluding hydrogens is 255 g/mol. The summed E-state index contributed by atoms with van der Waals surface area (Å²) in [5.74, 6) is 0. The third kappa shape index (κ3) is 3.57. The molecule has 17 heavy (non-hydrogen) atoms. The number of hydrogen-bond acceptors (Lipinski definition) is 1. The maximum absolute atomic E-state index is 12.3. The zero-order chi connectivity index (χ0) is 11.9. The first-order valence-electron chi connectivity index (χ1n) is 5.00. The van der Waals surface area contributed by atoms with Crippen LogP contribution in [0, 0.1) is 13.8 Å². The monoisotopic (exact) mass is 266 g/mol. The van der Waals surface area contributed by atoms with E-state index in [1.165, 1.54) is 6.33 Å². The minimum absolute atomic E-state index is 0. The van der Waals surface area contributed by atoms with Crippen molar-refractivity contribution in [2.24, 2.45) is 0 Å². The van der Waals surface area contributed by atoms with E-state index in [0.29, 0.717) is 11.0 Å². The van der Waals surface area contributed by atoms with Crippen LogP contribution in [0.2, 0.25) is 0 Å². The molecule has 7 heteroatoms. The Hall–Kier alpha value is 0.181. The zero-order valence-corrected chi connectivity index (χ0v) is 13.2. The summed E-state index contributed by atoms with van der Waals surface area (Å²) in [6, 6.07) is 3.56. The topological polar surface area (TPSA) is 17.8 Å². The largest absolute Gasteiger partial charge is 1.00 e. The van der Waals surface area contributed by atoms with Crippen LogP contribution in [0.5, 0.6) is 0 Å². The van der Waals surface area contributed by atoms with Gasteiger partial charge < -0.3 is 17.5 Å². The van der Waals surface area contributed by atoms with Crippen LogP contribution in [-0.4, -0.2) is 16.5 Å². The molecule has 0 bridgehead atoms. The van der Waals surface area contributed by atoms with Gasteiger partial charge in [0.05, 0.1) is 17.4 Å². The van der Waals surface area contributed by atoms with Gasteiger partial charge in [0.15, 0.2) is 0 Å².